The number of hydrogen-bond acceptors (Lipinski definition) is 4. The van der Waals surface area contributed by atoms with E-state index in [2.05, 4.69) is 0 Å². The summed E-state index contributed by atoms with van der Waals surface area (Å²) in [6, 6.07) is 9.89. The number of carbonyl (C=O) groups is 3. The normalized spacial score (nSPS) is 10.3. The Morgan fingerprint density at radius 1 is 0.773 bits per heavy atom. The molecule has 0 aliphatic rings. The molecule has 0 bridgehead atoms. The summed E-state index contributed by atoms with van der Waals surface area (Å²) in [5.41, 5.74) is 2.13. The second kappa shape index (κ2) is 6.80. The van der Waals surface area contributed by atoms with E-state index in [0.717, 1.165) is 11.8 Å². The van der Waals surface area contributed by atoms with Gasteiger partial charge in [0.15, 0.2) is 12.6 Å². The summed E-state index contributed by atoms with van der Waals surface area (Å²) in [7, 11) is 0. The van der Waals surface area contributed by atoms with Gasteiger partial charge < -0.3 is 4.74 Å². The van der Waals surface area contributed by atoms with E-state index >= 15 is 0 Å². The van der Waals surface area contributed by atoms with Gasteiger partial charge in [-0.1, -0.05) is 13.8 Å². The van der Waals surface area contributed by atoms with Crippen LogP contribution in [0.25, 0.3) is 0 Å². The molecule has 2 aromatic rings. The van der Waals surface area contributed by atoms with E-state index in [1.165, 1.54) is 12.1 Å². The molecule has 0 aliphatic carbocycles. The molecule has 0 aromatic heterocycles. The molecule has 0 saturated carbocycles. The predicted molar refractivity (Wildman–Crippen MR) is 83.2 cm³/mol. The molecule has 0 heterocycles. The first kappa shape index (κ1) is 15.6. The SMILES string of the molecule is CC(C)c1cc(Oc2ccc(C=O)c(C=O)c2)ccc1C=O. The van der Waals surface area contributed by atoms with Crippen LogP contribution in [-0.2, 0) is 0 Å². The van der Waals surface area contributed by atoms with Gasteiger partial charge in [0.05, 0.1) is 0 Å². The number of carbonyl (C=O) groups excluding carboxylic acids is 3. The number of ether oxygens (including phenoxy) is 1. The van der Waals surface area contributed by atoms with Gasteiger partial charge in [-0.3, -0.25) is 14.4 Å². The van der Waals surface area contributed by atoms with Crippen molar-refractivity contribution < 1.29 is 19.1 Å². The molecule has 0 fully saturated rings. The summed E-state index contributed by atoms with van der Waals surface area (Å²) >= 11 is 0. The minimum atomic E-state index is 0.187. The van der Waals surface area contributed by atoms with E-state index in [9.17, 15) is 14.4 Å². The van der Waals surface area contributed by atoms with Gasteiger partial charge in [-0.15, -0.1) is 0 Å². The van der Waals surface area contributed by atoms with Crippen molar-refractivity contribution in [1.29, 1.82) is 0 Å². The fourth-order valence-electron chi connectivity index (χ4n) is 2.19. The van der Waals surface area contributed by atoms with Crippen LogP contribution in [0, 0.1) is 0 Å². The summed E-state index contributed by atoms with van der Waals surface area (Å²) in [6.07, 6.45) is 2.07. The highest BCUT2D eigenvalue weighted by Gasteiger charge is 2.09. The Morgan fingerprint density at radius 3 is 1.86 bits per heavy atom. The lowest BCUT2D eigenvalue weighted by Gasteiger charge is -2.12. The Balaban J connectivity index is 2.35. The van der Waals surface area contributed by atoms with E-state index in [-0.39, 0.29) is 11.5 Å². The van der Waals surface area contributed by atoms with Crippen molar-refractivity contribution in [2.45, 2.75) is 19.8 Å². The molecule has 0 N–H and O–H groups in total. The zero-order valence-electron chi connectivity index (χ0n) is 12.4. The quantitative estimate of drug-likeness (QED) is 0.755. The highest BCUT2D eigenvalue weighted by atomic mass is 16.5. The second-order valence-electron chi connectivity index (χ2n) is 5.19. The van der Waals surface area contributed by atoms with E-state index in [1.54, 1.807) is 18.2 Å². The van der Waals surface area contributed by atoms with Gasteiger partial charge in [0.25, 0.3) is 0 Å². The van der Waals surface area contributed by atoms with Crippen LogP contribution in [0.15, 0.2) is 36.4 Å². The lowest BCUT2D eigenvalue weighted by atomic mass is 9.98. The number of rotatable bonds is 6. The largest absolute Gasteiger partial charge is 0.457 e. The topological polar surface area (TPSA) is 60.4 Å². The highest BCUT2D eigenvalue weighted by molar-refractivity contribution is 5.90. The van der Waals surface area contributed by atoms with Gasteiger partial charge in [-0.25, -0.2) is 0 Å². The lowest BCUT2D eigenvalue weighted by molar-refractivity contribution is 0.109. The van der Waals surface area contributed by atoms with Crippen LogP contribution < -0.4 is 4.74 Å². The Bertz CT molecular complexity index is 717. The van der Waals surface area contributed by atoms with Crippen molar-refractivity contribution in [1.82, 2.24) is 0 Å². The van der Waals surface area contributed by atoms with Gasteiger partial charge in [0, 0.05) is 16.7 Å². The summed E-state index contributed by atoms with van der Waals surface area (Å²) in [4.78, 5) is 32.8. The summed E-state index contributed by atoms with van der Waals surface area (Å²) < 4.78 is 5.72. The maximum atomic E-state index is 11.0. The fraction of sp³-hybridized carbons (Fsp3) is 0.167. The van der Waals surface area contributed by atoms with Crippen molar-refractivity contribution in [3.8, 4) is 11.5 Å². The van der Waals surface area contributed by atoms with Gasteiger partial charge in [-0.2, -0.15) is 0 Å². The molecule has 0 aliphatic heterocycles. The maximum absolute atomic E-state index is 11.0. The standard InChI is InChI=1S/C18H16O4/c1-12(2)18-8-17(6-4-14(18)10-20)22-16-5-3-13(9-19)15(7-16)11-21/h3-12H,1-2H3. The van der Waals surface area contributed by atoms with Gasteiger partial charge in [0.1, 0.15) is 17.8 Å². The van der Waals surface area contributed by atoms with Gasteiger partial charge in [-0.05, 0) is 47.9 Å². The number of aldehydes is 3. The number of benzene rings is 2. The second-order valence-corrected chi connectivity index (χ2v) is 5.19. The lowest BCUT2D eigenvalue weighted by Crippen LogP contribution is -1.97. The average Bonchev–Trinajstić information content (AvgIpc) is 2.54. The Hall–Kier alpha value is -2.75. The molecule has 4 heteroatoms. The molecule has 0 spiro atoms. The van der Waals surface area contributed by atoms with Gasteiger partial charge in [0.2, 0.25) is 0 Å². The van der Waals surface area contributed by atoms with Crippen molar-refractivity contribution in [3.05, 3.63) is 58.7 Å². The van der Waals surface area contributed by atoms with E-state index in [1.807, 2.05) is 19.9 Å². The molecule has 4 nitrogen and oxygen atoms in total. The Labute approximate surface area is 128 Å². The third-order valence-corrected chi connectivity index (χ3v) is 3.36. The van der Waals surface area contributed by atoms with Crippen molar-refractivity contribution in [2.24, 2.45) is 0 Å². The Kier molecular flexibility index (Phi) is 4.84. The van der Waals surface area contributed by atoms with Crippen LogP contribution >= 0.6 is 0 Å². The molecule has 0 unspecified atom stereocenters. The first-order chi connectivity index (χ1) is 10.6. The molecule has 2 aromatic carbocycles. The van der Waals surface area contributed by atoms with Crippen molar-refractivity contribution in [3.63, 3.8) is 0 Å². The Morgan fingerprint density at radius 2 is 1.32 bits per heavy atom. The van der Waals surface area contributed by atoms with Crippen LogP contribution in [0.2, 0.25) is 0 Å². The molecule has 0 atom stereocenters. The third kappa shape index (κ3) is 3.28. The van der Waals surface area contributed by atoms with E-state index < -0.39 is 0 Å². The molecule has 112 valence electrons. The van der Waals surface area contributed by atoms with E-state index in [4.69, 9.17) is 4.74 Å². The van der Waals surface area contributed by atoms with Crippen LogP contribution in [0.3, 0.4) is 0 Å². The first-order valence-electron chi connectivity index (χ1n) is 6.90. The molecule has 22 heavy (non-hydrogen) atoms. The van der Waals surface area contributed by atoms with Crippen LogP contribution in [0.5, 0.6) is 11.5 Å². The predicted octanol–water partition coefficient (Wildman–Crippen LogP) is 4.04. The fourth-order valence-corrected chi connectivity index (χ4v) is 2.19. The van der Waals surface area contributed by atoms with Crippen LogP contribution in [-0.4, -0.2) is 18.9 Å². The minimum Gasteiger partial charge on any atom is -0.457 e. The van der Waals surface area contributed by atoms with Gasteiger partial charge >= 0.3 is 0 Å². The van der Waals surface area contributed by atoms with E-state index in [0.29, 0.717) is 35.2 Å². The average molecular weight is 296 g/mol. The molecule has 0 amide bonds. The monoisotopic (exact) mass is 296 g/mol. The molecular formula is C18H16O4. The summed E-state index contributed by atoms with van der Waals surface area (Å²) in [5, 5.41) is 0. The van der Waals surface area contributed by atoms with Crippen LogP contribution in [0.1, 0.15) is 56.4 Å². The zero-order chi connectivity index (χ0) is 16.1. The highest BCUT2D eigenvalue weighted by Crippen LogP contribution is 2.28. The number of hydrogen-bond donors (Lipinski definition) is 0. The summed E-state index contributed by atoms with van der Waals surface area (Å²) in [5.74, 6) is 1.22. The van der Waals surface area contributed by atoms with Crippen molar-refractivity contribution in [2.75, 3.05) is 0 Å². The third-order valence-electron chi connectivity index (χ3n) is 3.36. The maximum Gasteiger partial charge on any atom is 0.150 e. The zero-order valence-corrected chi connectivity index (χ0v) is 12.4. The van der Waals surface area contributed by atoms with Crippen LogP contribution in [0.4, 0.5) is 0 Å². The van der Waals surface area contributed by atoms with Crippen molar-refractivity contribution >= 4 is 18.9 Å². The molecule has 0 radical (unpaired) electrons. The molecular weight excluding hydrogens is 280 g/mol. The summed E-state index contributed by atoms with van der Waals surface area (Å²) in [6.45, 7) is 3.99. The smallest absolute Gasteiger partial charge is 0.150 e. The minimum absolute atomic E-state index is 0.187. The first-order valence-corrected chi connectivity index (χ1v) is 6.90. The molecule has 2 rings (SSSR count). The molecule has 0 saturated heterocycles.